The molecule has 0 saturated carbocycles. The van der Waals surface area contributed by atoms with E-state index < -0.39 is 0 Å². The van der Waals surface area contributed by atoms with E-state index in [0.29, 0.717) is 17.1 Å². The van der Waals surface area contributed by atoms with E-state index in [9.17, 15) is 4.79 Å². The second-order valence-corrected chi connectivity index (χ2v) is 6.20. The normalized spacial score (nSPS) is 11.5. The lowest BCUT2D eigenvalue weighted by molar-refractivity contribution is -0.464. The molecular formula is C19H26N9O+3. The minimum absolute atomic E-state index is 0.0125. The lowest BCUT2D eigenvalue weighted by atomic mass is 10.1. The molecular weight excluding hydrogens is 370 g/mol. The molecule has 10 nitrogen and oxygen atoms in total. The van der Waals surface area contributed by atoms with Crippen LogP contribution in [0.3, 0.4) is 0 Å². The highest BCUT2D eigenvalue weighted by atomic mass is 16.2. The molecule has 29 heavy (non-hydrogen) atoms. The molecule has 0 atom stereocenters. The van der Waals surface area contributed by atoms with E-state index in [1.165, 1.54) is 0 Å². The van der Waals surface area contributed by atoms with E-state index in [-0.39, 0.29) is 18.0 Å². The topological polar surface area (TPSA) is 185 Å². The number of urea groups is 1. The first kappa shape index (κ1) is 21.1. The monoisotopic (exact) mass is 396 g/mol. The number of rotatable bonds is 5. The van der Waals surface area contributed by atoms with Gasteiger partial charge in [-0.2, -0.15) is 10.1 Å². The summed E-state index contributed by atoms with van der Waals surface area (Å²) < 4.78 is 0. The number of hydrazone groups is 1. The Balaban J connectivity index is 1.98. The quantitative estimate of drug-likeness (QED) is 0.147. The Kier molecular flexibility index (Phi) is 7.02. The van der Waals surface area contributed by atoms with Crippen molar-refractivity contribution in [2.75, 3.05) is 10.6 Å². The number of hydrogen-bond donors (Lipinski definition) is 8. The van der Waals surface area contributed by atoms with Gasteiger partial charge in [-0.25, -0.2) is 15.9 Å². The van der Waals surface area contributed by atoms with Crippen molar-refractivity contribution in [3.8, 4) is 0 Å². The summed E-state index contributed by atoms with van der Waals surface area (Å²) in [5.74, 6) is 0.133. The van der Waals surface area contributed by atoms with Crippen LogP contribution in [-0.2, 0) is 0 Å². The van der Waals surface area contributed by atoms with Crippen molar-refractivity contribution in [3.63, 3.8) is 0 Å². The van der Waals surface area contributed by atoms with Gasteiger partial charge in [0.1, 0.15) is 5.71 Å². The van der Waals surface area contributed by atoms with Crippen molar-refractivity contribution >= 4 is 40.7 Å². The van der Waals surface area contributed by atoms with Gasteiger partial charge in [0.15, 0.2) is 0 Å². The maximum absolute atomic E-state index is 12.2. The van der Waals surface area contributed by atoms with Gasteiger partial charge in [0, 0.05) is 23.9 Å². The number of hydrogen-bond acceptors (Lipinski definition) is 2. The van der Waals surface area contributed by atoms with E-state index >= 15 is 0 Å². The molecule has 0 saturated heterocycles. The molecule has 0 aliphatic carbocycles. The first-order chi connectivity index (χ1) is 13.7. The standard InChI is InChI=1S/C19H23N9O/c1-11(24-17(20)21)13-3-7-15(8-4-13)25-19(29)26-16-9-5-14(6-10-16)12(2)27-28-18(22)23/h3-10H,1-2H3,(H3,20,21)(H4,22,23,28)(H2,25,26,29)/p+3. The molecule has 2 aromatic rings. The molecule has 0 spiro atoms. The van der Waals surface area contributed by atoms with E-state index in [4.69, 9.17) is 22.6 Å². The molecule has 2 rings (SSSR count). The molecule has 0 aliphatic heterocycles. The Bertz CT molecular complexity index is 970. The fourth-order valence-electron chi connectivity index (χ4n) is 2.39. The number of carbonyl (C=O) groups excluding carboxylic acids is 1. The summed E-state index contributed by atoms with van der Waals surface area (Å²) in [6.45, 7) is 3.66. The van der Waals surface area contributed by atoms with Gasteiger partial charge in [-0.3, -0.25) is 11.5 Å². The highest BCUT2D eigenvalue weighted by molar-refractivity contribution is 6.02. The van der Waals surface area contributed by atoms with Crippen LogP contribution in [-0.4, -0.2) is 29.4 Å². The molecule has 2 aromatic carbocycles. The largest absolute Gasteiger partial charge is 0.512 e. The minimum Gasteiger partial charge on any atom is -0.308 e. The average Bonchev–Trinajstić information content (AvgIpc) is 2.66. The van der Waals surface area contributed by atoms with Gasteiger partial charge in [0.2, 0.25) is 0 Å². The van der Waals surface area contributed by atoms with Crippen LogP contribution in [0.2, 0.25) is 0 Å². The minimum atomic E-state index is -0.360. The maximum Gasteiger partial charge on any atom is 0.512 e. The molecule has 12 N–H and O–H groups in total. The molecule has 10 heteroatoms. The number of benzene rings is 2. The summed E-state index contributed by atoms with van der Waals surface area (Å²) in [4.78, 5) is 15.0. The second-order valence-electron chi connectivity index (χ2n) is 6.20. The molecule has 0 aliphatic rings. The summed E-state index contributed by atoms with van der Waals surface area (Å²) in [5.41, 5.74) is 20.6. The Morgan fingerprint density at radius 1 is 0.897 bits per heavy atom. The van der Waals surface area contributed by atoms with Gasteiger partial charge >= 0.3 is 18.0 Å². The van der Waals surface area contributed by atoms with Crippen LogP contribution in [0, 0.1) is 0 Å². The first-order valence-corrected chi connectivity index (χ1v) is 8.70. The van der Waals surface area contributed by atoms with Gasteiger partial charge in [0.25, 0.3) is 0 Å². The zero-order chi connectivity index (χ0) is 21.4. The zero-order valence-electron chi connectivity index (χ0n) is 16.3. The molecule has 0 fully saturated rings. The van der Waals surface area contributed by atoms with Crippen molar-refractivity contribution in [2.45, 2.75) is 13.8 Å². The highest BCUT2D eigenvalue weighted by Crippen LogP contribution is 2.13. The van der Waals surface area contributed by atoms with Crippen molar-refractivity contribution < 1.29 is 20.3 Å². The third kappa shape index (κ3) is 6.79. The third-order valence-electron chi connectivity index (χ3n) is 3.82. The summed E-state index contributed by atoms with van der Waals surface area (Å²) in [6, 6.07) is 14.1. The van der Waals surface area contributed by atoms with Crippen molar-refractivity contribution in [1.82, 2.24) is 0 Å². The predicted molar refractivity (Wildman–Crippen MR) is 114 cm³/mol. The van der Waals surface area contributed by atoms with Gasteiger partial charge in [0.05, 0.1) is 5.71 Å². The molecule has 0 radical (unpaired) electrons. The highest BCUT2D eigenvalue weighted by Gasteiger charge is 2.07. The van der Waals surface area contributed by atoms with E-state index in [1.54, 1.807) is 24.3 Å². The third-order valence-corrected chi connectivity index (χ3v) is 3.82. The van der Waals surface area contributed by atoms with Gasteiger partial charge in [-0.15, -0.1) is 5.10 Å². The fraction of sp³-hybridized carbons (Fsp3) is 0.105. The number of nitrogens with one attached hydrogen (secondary N) is 4. The van der Waals surface area contributed by atoms with Crippen LogP contribution in [0.25, 0.3) is 0 Å². The van der Waals surface area contributed by atoms with E-state index in [2.05, 4.69) is 25.8 Å². The Morgan fingerprint density at radius 2 is 1.38 bits per heavy atom. The summed E-state index contributed by atoms with van der Waals surface area (Å²) in [7, 11) is 0. The maximum atomic E-state index is 12.2. The van der Waals surface area contributed by atoms with Crippen LogP contribution in [0.15, 0.2) is 53.6 Å². The van der Waals surface area contributed by atoms with Crippen molar-refractivity contribution in [1.29, 1.82) is 0 Å². The number of guanidine groups is 2. The Morgan fingerprint density at radius 3 is 1.83 bits per heavy atom. The summed E-state index contributed by atoms with van der Waals surface area (Å²) in [6.07, 6.45) is 0. The number of carbonyl (C=O) groups is 1. The number of amides is 2. The number of nitrogens with zero attached hydrogens (tertiary/aromatic N) is 1. The molecule has 0 aromatic heterocycles. The Hall–Kier alpha value is -4.21. The molecule has 2 amide bonds. The first-order valence-electron chi connectivity index (χ1n) is 8.70. The molecule has 0 unspecified atom stereocenters. The second kappa shape index (κ2) is 9.65. The number of nitrogens with two attached hydrogens (primary N) is 4. The lowest BCUT2D eigenvalue weighted by Crippen LogP contribution is -2.87. The van der Waals surface area contributed by atoms with Crippen LogP contribution in [0.5, 0.6) is 0 Å². The summed E-state index contributed by atoms with van der Waals surface area (Å²) in [5, 5.41) is 17.5. The van der Waals surface area contributed by atoms with Gasteiger partial charge in [-0.1, -0.05) is 12.1 Å². The SMILES string of the molecule is CC(=N[NH+]=C(N)N)c1ccc(NC(=O)Nc2ccc(C(C)=[NH+]C(N)=[NH2+])cc2)cc1. The average molecular weight is 396 g/mol. The Labute approximate surface area is 168 Å². The van der Waals surface area contributed by atoms with Crippen LogP contribution >= 0.6 is 0 Å². The molecule has 0 heterocycles. The van der Waals surface area contributed by atoms with E-state index in [0.717, 1.165) is 16.8 Å². The lowest BCUT2D eigenvalue weighted by Gasteiger charge is -2.09. The van der Waals surface area contributed by atoms with Crippen molar-refractivity contribution in [2.24, 2.45) is 22.3 Å². The van der Waals surface area contributed by atoms with Crippen LogP contribution in [0.4, 0.5) is 16.2 Å². The van der Waals surface area contributed by atoms with Gasteiger partial charge in [-0.05, 0) is 48.9 Å². The van der Waals surface area contributed by atoms with Crippen LogP contribution < -0.4 is 43.3 Å². The fourth-order valence-corrected chi connectivity index (χ4v) is 2.39. The smallest absolute Gasteiger partial charge is 0.308 e. The molecule has 0 bridgehead atoms. The molecule has 150 valence electrons. The van der Waals surface area contributed by atoms with Crippen LogP contribution in [0.1, 0.15) is 25.0 Å². The van der Waals surface area contributed by atoms with E-state index in [1.807, 2.05) is 38.1 Å². The van der Waals surface area contributed by atoms with Gasteiger partial charge < -0.3 is 10.6 Å². The predicted octanol–water partition coefficient (Wildman–Crippen LogP) is -3.63. The summed E-state index contributed by atoms with van der Waals surface area (Å²) >= 11 is 0. The zero-order valence-corrected chi connectivity index (χ0v) is 16.3. The van der Waals surface area contributed by atoms with Crippen molar-refractivity contribution in [3.05, 3.63) is 59.7 Å². The number of anilines is 2.